The quantitative estimate of drug-likeness (QED) is 0.307. The Balaban J connectivity index is 1.27. The normalized spacial score (nSPS) is 17.5. The van der Waals surface area contributed by atoms with E-state index in [2.05, 4.69) is 32.6 Å². The van der Waals surface area contributed by atoms with Crippen molar-refractivity contribution in [1.82, 2.24) is 4.90 Å². The van der Waals surface area contributed by atoms with E-state index in [1.165, 1.54) is 31.9 Å². The number of esters is 1. The van der Waals surface area contributed by atoms with E-state index >= 15 is 0 Å². The van der Waals surface area contributed by atoms with Crippen molar-refractivity contribution in [3.63, 3.8) is 0 Å². The number of fused-ring (bicyclic) bond motifs is 2. The molecule has 8 heteroatoms. The van der Waals surface area contributed by atoms with Crippen LogP contribution in [0.5, 0.6) is 0 Å². The molecule has 6 rings (SSSR count). The lowest BCUT2D eigenvalue weighted by Crippen LogP contribution is -2.39. The number of ketones is 1. The fraction of sp³-hybridized carbons (Fsp3) is 0.303. The zero-order chi connectivity index (χ0) is 28.3. The lowest BCUT2D eigenvalue weighted by Gasteiger charge is -2.27. The lowest BCUT2D eigenvalue weighted by atomic mass is 9.99. The molecule has 3 aliphatic heterocycles. The molecule has 0 spiro atoms. The van der Waals surface area contributed by atoms with E-state index in [-0.39, 0.29) is 11.7 Å². The maximum Gasteiger partial charge on any atom is 0.337 e. The first-order valence-corrected chi connectivity index (χ1v) is 14.2. The number of carbonyl (C=O) groups is 3. The smallest absolute Gasteiger partial charge is 0.337 e. The number of likely N-dealkylation sites (tertiary alicyclic amines) is 1. The van der Waals surface area contributed by atoms with Gasteiger partial charge in [-0.1, -0.05) is 42.8 Å². The van der Waals surface area contributed by atoms with Gasteiger partial charge >= 0.3 is 5.97 Å². The molecule has 0 aromatic heterocycles. The second-order valence-corrected chi connectivity index (χ2v) is 10.8. The standard InChI is InChI=1S/C33H34N4O4/c1-41-33(40)24-10-12-27-28(19-24)35-32(39)30(27)31(22-8-4-2-5-9-22)34-25-11-13-29-23(18-25)14-17-37(29)21-26(38)20-36-15-6-3-7-16-36/h2,4-5,8-13,18-19,34H,3,6-7,14-17,20-21H2,1H3,(H,35,39)/b31-30-. The number of carbonyl (C=O) groups excluding carboxylic acids is 3. The number of nitrogens with zero attached hydrogens (tertiary/aromatic N) is 2. The molecule has 8 nitrogen and oxygen atoms in total. The van der Waals surface area contributed by atoms with Crippen molar-refractivity contribution in [2.24, 2.45) is 0 Å². The predicted molar refractivity (Wildman–Crippen MR) is 161 cm³/mol. The summed E-state index contributed by atoms with van der Waals surface area (Å²) in [6.07, 6.45) is 4.48. The monoisotopic (exact) mass is 550 g/mol. The minimum absolute atomic E-state index is 0.243. The first-order valence-electron chi connectivity index (χ1n) is 14.2. The molecule has 3 heterocycles. The number of ether oxygens (including phenoxy) is 1. The molecular weight excluding hydrogens is 516 g/mol. The average molecular weight is 551 g/mol. The largest absolute Gasteiger partial charge is 0.465 e. The third kappa shape index (κ3) is 5.60. The Morgan fingerprint density at radius 3 is 2.49 bits per heavy atom. The molecule has 0 radical (unpaired) electrons. The summed E-state index contributed by atoms with van der Waals surface area (Å²) in [4.78, 5) is 42.6. The van der Waals surface area contributed by atoms with Crippen molar-refractivity contribution in [1.29, 1.82) is 0 Å². The van der Waals surface area contributed by atoms with Crippen molar-refractivity contribution in [3.8, 4) is 0 Å². The van der Waals surface area contributed by atoms with Gasteiger partial charge in [0.05, 0.1) is 42.7 Å². The second-order valence-electron chi connectivity index (χ2n) is 10.8. The van der Waals surface area contributed by atoms with Gasteiger partial charge in [0.2, 0.25) is 0 Å². The highest BCUT2D eigenvalue weighted by Gasteiger charge is 2.30. The number of Topliss-reactive ketones (excluding diaryl/α,β-unsaturated/α-hetero) is 1. The van der Waals surface area contributed by atoms with E-state index in [4.69, 9.17) is 4.74 Å². The van der Waals surface area contributed by atoms with Crippen LogP contribution in [0.25, 0.3) is 11.3 Å². The molecule has 210 valence electrons. The molecule has 2 N–H and O–H groups in total. The molecule has 0 saturated carbocycles. The summed E-state index contributed by atoms with van der Waals surface area (Å²) < 4.78 is 4.84. The summed E-state index contributed by atoms with van der Waals surface area (Å²) in [6.45, 7) is 3.82. The van der Waals surface area contributed by atoms with Gasteiger partial charge in [-0.05, 0) is 73.8 Å². The van der Waals surface area contributed by atoms with E-state index in [0.717, 1.165) is 43.0 Å². The van der Waals surface area contributed by atoms with Crippen LogP contribution in [-0.2, 0) is 20.7 Å². The minimum Gasteiger partial charge on any atom is -0.465 e. The van der Waals surface area contributed by atoms with E-state index < -0.39 is 5.97 Å². The van der Waals surface area contributed by atoms with E-state index in [1.54, 1.807) is 18.2 Å². The molecule has 0 bridgehead atoms. The van der Waals surface area contributed by atoms with Crippen LogP contribution in [0.3, 0.4) is 0 Å². The topological polar surface area (TPSA) is 91.0 Å². The van der Waals surface area contributed by atoms with Gasteiger partial charge in [-0.15, -0.1) is 0 Å². The number of hydrogen-bond acceptors (Lipinski definition) is 7. The first-order chi connectivity index (χ1) is 20.0. The third-order valence-corrected chi connectivity index (χ3v) is 8.05. The van der Waals surface area contributed by atoms with Crippen LogP contribution in [0.15, 0.2) is 66.7 Å². The first kappa shape index (κ1) is 26.8. The van der Waals surface area contributed by atoms with Gasteiger partial charge in [-0.25, -0.2) is 4.79 Å². The SMILES string of the molecule is COC(=O)c1ccc2c(c1)NC(=O)/C2=C(\Nc1ccc2c(c1)CCN2CC(=O)CN1CCCCC1)c1ccccc1. The van der Waals surface area contributed by atoms with Crippen LogP contribution in [0.2, 0.25) is 0 Å². The number of piperidine rings is 1. The van der Waals surface area contributed by atoms with Crippen LogP contribution in [0.4, 0.5) is 17.1 Å². The number of amides is 1. The molecule has 0 aliphatic carbocycles. The highest BCUT2D eigenvalue weighted by Crippen LogP contribution is 2.39. The van der Waals surface area contributed by atoms with Gasteiger partial charge in [0.1, 0.15) is 0 Å². The fourth-order valence-corrected chi connectivity index (χ4v) is 6.04. The Hall–Kier alpha value is -4.43. The number of benzene rings is 3. The Bertz CT molecular complexity index is 1530. The number of rotatable bonds is 8. The third-order valence-electron chi connectivity index (χ3n) is 8.05. The van der Waals surface area contributed by atoms with Crippen LogP contribution in [0.1, 0.15) is 46.3 Å². The van der Waals surface area contributed by atoms with Crippen LogP contribution in [-0.4, -0.2) is 62.4 Å². The Morgan fingerprint density at radius 2 is 1.71 bits per heavy atom. The molecular formula is C33H34N4O4. The van der Waals surface area contributed by atoms with Gasteiger partial charge in [0.25, 0.3) is 5.91 Å². The van der Waals surface area contributed by atoms with Crippen LogP contribution in [0, 0.1) is 0 Å². The van der Waals surface area contributed by atoms with Crippen LogP contribution >= 0.6 is 0 Å². The van der Waals surface area contributed by atoms with E-state index in [9.17, 15) is 14.4 Å². The maximum absolute atomic E-state index is 13.3. The number of anilines is 3. The maximum atomic E-state index is 13.3. The van der Waals surface area contributed by atoms with Crippen molar-refractivity contribution in [2.45, 2.75) is 25.7 Å². The van der Waals surface area contributed by atoms with Crippen molar-refractivity contribution in [3.05, 3.63) is 89.0 Å². The average Bonchev–Trinajstić information content (AvgIpc) is 3.55. The Morgan fingerprint density at radius 1 is 0.902 bits per heavy atom. The molecule has 3 aromatic rings. The molecule has 0 unspecified atom stereocenters. The highest BCUT2D eigenvalue weighted by molar-refractivity contribution is 6.37. The molecule has 1 saturated heterocycles. The van der Waals surface area contributed by atoms with Crippen molar-refractivity contribution >= 4 is 46.0 Å². The van der Waals surface area contributed by atoms with Crippen molar-refractivity contribution in [2.75, 3.05) is 55.4 Å². The molecule has 1 amide bonds. The van der Waals surface area contributed by atoms with Gasteiger partial charge in [0, 0.05) is 23.5 Å². The van der Waals surface area contributed by atoms with Gasteiger partial charge < -0.3 is 20.3 Å². The van der Waals surface area contributed by atoms with Crippen LogP contribution < -0.4 is 15.5 Å². The summed E-state index contributed by atoms with van der Waals surface area (Å²) in [5, 5.41) is 6.44. The summed E-state index contributed by atoms with van der Waals surface area (Å²) >= 11 is 0. The van der Waals surface area contributed by atoms with Gasteiger partial charge in [-0.2, -0.15) is 0 Å². The van der Waals surface area contributed by atoms with E-state index in [0.29, 0.717) is 41.2 Å². The molecule has 0 atom stereocenters. The fourth-order valence-electron chi connectivity index (χ4n) is 6.04. The minimum atomic E-state index is -0.457. The predicted octanol–water partition coefficient (Wildman–Crippen LogP) is 4.82. The highest BCUT2D eigenvalue weighted by atomic mass is 16.5. The number of methoxy groups -OCH3 is 1. The van der Waals surface area contributed by atoms with Gasteiger partial charge in [-0.3, -0.25) is 14.5 Å². The zero-order valence-electron chi connectivity index (χ0n) is 23.2. The van der Waals surface area contributed by atoms with E-state index in [1.807, 2.05) is 36.4 Å². The number of hydrogen-bond donors (Lipinski definition) is 2. The summed E-state index contributed by atoms with van der Waals surface area (Å²) in [5.41, 5.74) is 6.85. The molecule has 41 heavy (non-hydrogen) atoms. The molecule has 3 aliphatic rings. The summed E-state index contributed by atoms with van der Waals surface area (Å²) in [7, 11) is 1.33. The van der Waals surface area contributed by atoms with Gasteiger partial charge in [0.15, 0.2) is 5.78 Å². The Kier molecular flexibility index (Phi) is 7.57. The summed E-state index contributed by atoms with van der Waals surface area (Å²) in [5.74, 6) is -0.437. The second kappa shape index (κ2) is 11.6. The number of nitrogens with one attached hydrogen (secondary N) is 2. The Labute approximate surface area is 240 Å². The molecule has 1 fully saturated rings. The lowest BCUT2D eigenvalue weighted by molar-refractivity contribution is -0.119. The summed E-state index contributed by atoms with van der Waals surface area (Å²) in [6, 6.07) is 21.0. The van der Waals surface area contributed by atoms with Crippen molar-refractivity contribution < 1.29 is 19.1 Å². The molecule has 3 aromatic carbocycles. The zero-order valence-corrected chi connectivity index (χ0v) is 23.2.